The first-order valence-corrected chi connectivity index (χ1v) is 21.2. The number of alkyl carbamates (subject to hydrolysis) is 1. The first-order chi connectivity index (χ1) is 30.4. The molecule has 1 aliphatic heterocycles. The van der Waals surface area contributed by atoms with E-state index in [-0.39, 0.29) is 56.3 Å². The molecule has 4 atom stereocenters. The molecule has 332 valence electrons. The van der Waals surface area contributed by atoms with Crippen molar-refractivity contribution in [1.82, 2.24) is 45.8 Å². The van der Waals surface area contributed by atoms with Gasteiger partial charge in [-0.25, -0.2) is 14.5 Å². The number of carbonyl (C=O) groups excluding carboxylic acids is 6. The number of ketones is 1. The summed E-state index contributed by atoms with van der Waals surface area (Å²) in [4.78, 5) is 91.0. The van der Waals surface area contributed by atoms with E-state index in [0.29, 0.717) is 23.9 Å². The second-order valence-electron chi connectivity index (χ2n) is 16.0. The lowest BCUT2D eigenvalue weighted by Gasteiger charge is -2.32. The van der Waals surface area contributed by atoms with Crippen molar-refractivity contribution in [2.24, 2.45) is 11.7 Å². The Morgan fingerprint density at radius 2 is 1.70 bits per heavy atom. The molecule has 1 aromatic carbocycles. The molecule has 2 aliphatic rings. The number of nitrogens with zero attached hydrogens (tertiary/aromatic N) is 6. The molecule has 63 heavy (non-hydrogen) atoms. The first kappa shape index (κ1) is 45.7. The Bertz CT molecular complexity index is 2290. The maximum Gasteiger partial charge on any atom is 0.407 e. The van der Waals surface area contributed by atoms with Gasteiger partial charge in [-0.3, -0.25) is 29.0 Å². The maximum absolute atomic E-state index is 15.0. The Balaban J connectivity index is 1.22. The van der Waals surface area contributed by atoms with Gasteiger partial charge in [-0.2, -0.15) is 0 Å². The van der Waals surface area contributed by atoms with E-state index in [9.17, 15) is 33.9 Å². The number of hydrogen-bond acceptors (Lipinski definition) is 12. The fourth-order valence-electron chi connectivity index (χ4n) is 8.22. The van der Waals surface area contributed by atoms with Crippen molar-refractivity contribution < 1.29 is 38.6 Å². The Morgan fingerprint density at radius 1 is 0.937 bits per heavy atom. The standard InChI is InChI=1S/C45H54N10O8/c1-3-45(62,4-2)38-26-49-53-55(38)31-25-37(42(59)51-34(39(56)40(46)57)18-11-12-22-48-44(61)63-28-30-16-9-6-10-17-30)54(27-31)43(60)36(24-29-14-7-5-8-15-29)52-41(58)35-21-20-32-33(50-35)19-13-23-47-32/h3-4,6,9-10,13,16-17,19-21,23,26,29,31,34,36-37,62H,1-2,5,7-8,11-12,14-15,18,22,24-25,27-28H2,(H2,46,57)(H,48,61)(H,51,59)(H,52,58)/t31-,34?,36+,37-/m0/s1. The molecular weight excluding hydrogens is 809 g/mol. The van der Waals surface area contributed by atoms with Crippen LogP contribution in [0.1, 0.15) is 92.0 Å². The molecule has 4 aromatic rings. The summed E-state index contributed by atoms with van der Waals surface area (Å²) >= 11 is 0. The highest BCUT2D eigenvalue weighted by atomic mass is 16.5. The topological polar surface area (TPSA) is 254 Å². The van der Waals surface area contributed by atoms with E-state index in [1.807, 2.05) is 30.3 Å². The summed E-state index contributed by atoms with van der Waals surface area (Å²) in [6.07, 6.45) is 10.5. The molecule has 6 rings (SSSR count). The summed E-state index contributed by atoms with van der Waals surface area (Å²) in [5, 5.41) is 27.8. The zero-order valence-electron chi connectivity index (χ0n) is 35.1. The Morgan fingerprint density at radius 3 is 2.43 bits per heavy atom. The zero-order chi connectivity index (χ0) is 44.9. The molecule has 1 saturated carbocycles. The molecule has 1 unspecified atom stereocenters. The highest BCUT2D eigenvalue weighted by Gasteiger charge is 2.46. The van der Waals surface area contributed by atoms with Crippen LogP contribution in [-0.4, -0.2) is 102 Å². The van der Waals surface area contributed by atoms with Crippen LogP contribution in [0.5, 0.6) is 0 Å². The number of Topliss-reactive ketones (excluding diaryl/α,β-unsaturated/α-hetero) is 1. The average molecular weight is 863 g/mol. The lowest BCUT2D eigenvalue weighted by atomic mass is 9.84. The van der Waals surface area contributed by atoms with Crippen molar-refractivity contribution in [1.29, 1.82) is 0 Å². The smallest absolute Gasteiger partial charge is 0.407 e. The molecule has 4 heterocycles. The van der Waals surface area contributed by atoms with E-state index in [2.05, 4.69) is 49.4 Å². The minimum absolute atomic E-state index is 0.00802. The van der Waals surface area contributed by atoms with Gasteiger partial charge in [0.2, 0.25) is 17.6 Å². The number of benzene rings is 1. The fraction of sp³-hybridized carbons (Fsp3) is 0.422. The van der Waals surface area contributed by atoms with Gasteiger partial charge in [0.25, 0.3) is 11.8 Å². The van der Waals surface area contributed by atoms with Crippen LogP contribution in [0.25, 0.3) is 11.0 Å². The zero-order valence-corrected chi connectivity index (χ0v) is 35.1. The molecule has 0 radical (unpaired) electrons. The number of amides is 5. The summed E-state index contributed by atoms with van der Waals surface area (Å²) < 4.78 is 6.65. The summed E-state index contributed by atoms with van der Waals surface area (Å²) in [5.74, 6) is -4.06. The Labute approximate surface area is 364 Å². The third-order valence-corrected chi connectivity index (χ3v) is 11.7. The number of aliphatic hydroxyl groups is 1. The van der Waals surface area contributed by atoms with Gasteiger partial charge in [0.15, 0.2) is 0 Å². The average Bonchev–Trinajstić information content (AvgIpc) is 3.99. The van der Waals surface area contributed by atoms with Gasteiger partial charge in [-0.05, 0) is 61.4 Å². The van der Waals surface area contributed by atoms with Gasteiger partial charge in [-0.15, -0.1) is 5.10 Å². The van der Waals surface area contributed by atoms with Crippen molar-refractivity contribution in [3.8, 4) is 0 Å². The number of ether oxygens (including phenoxy) is 1. The number of fused-ring (bicyclic) bond motifs is 1. The summed E-state index contributed by atoms with van der Waals surface area (Å²) in [5.41, 5.74) is 5.86. The van der Waals surface area contributed by atoms with Gasteiger partial charge < -0.3 is 36.4 Å². The number of pyridine rings is 2. The molecule has 3 aromatic heterocycles. The molecule has 1 aliphatic carbocycles. The minimum Gasteiger partial charge on any atom is -0.445 e. The molecule has 1 saturated heterocycles. The summed E-state index contributed by atoms with van der Waals surface area (Å²) in [6, 6.07) is 11.4. The third kappa shape index (κ3) is 11.6. The van der Waals surface area contributed by atoms with Gasteiger partial charge in [0.1, 0.15) is 30.0 Å². The Kier molecular flexibility index (Phi) is 15.5. The number of aromatic nitrogens is 5. The number of unbranched alkanes of at least 4 members (excludes halogenated alkanes) is 1. The fourth-order valence-corrected chi connectivity index (χ4v) is 8.22. The lowest BCUT2D eigenvalue weighted by Crippen LogP contribution is -2.56. The largest absolute Gasteiger partial charge is 0.445 e. The number of primary amides is 1. The predicted molar refractivity (Wildman–Crippen MR) is 230 cm³/mol. The molecule has 5 amide bonds. The maximum atomic E-state index is 15.0. The number of rotatable bonds is 20. The molecule has 18 heteroatoms. The molecule has 2 fully saturated rings. The summed E-state index contributed by atoms with van der Waals surface area (Å²) in [6.45, 7) is 7.62. The van der Waals surface area contributed by atoms with Gasteiger partial charge >= 0.3 is 6.09 Å². The SMILES string of the molecule is C=CC(O)(C=C)c1cnnn1[C@H]1C[C@@H](C(=O)NC(CCCCNC(=O)OCc2ccccc2)C(=O)C(N)=O)N(C(=O)[C@@H](CC2CCCCC2)NC(=O)c2ccc3ncccc3n2)C1. The van der Waals surface area contributed by atoms with Crippen molar-refractivity contribution >= 4 is 46.5 Å². The minimum atomic E-state index is -1.76. The molecule has 18 nitrogen and oxygen atoms in total. The summed E-state index contributed by atoms with van der Waals surface area (Å²) in [7, 11) is 0. The van der Waals surface area contributed by atoms with Crippen LogP contribution >= 0.6 is 0 Å². The van der Waals surface area contributed by atoms with Crippen molar-refractivity contribution in [3.63, 3.8) is 0 Å². The highest BCUT2D eigenvalue weighted by Crippen LogP contribution is 2.34. The first-order valence-electron chi connectivity index (χ1n) is 21.2. The van der Waals surface area contributed by atoms with Crippen LogP contribution < -0.4 is 21.7 Å². The molecular formula is C45H54N10O8. The van der Waals surface area contributed by atoms with Crippen LogP contribution in [0.3, 0.4) is 0 Å². The number of carbonyl (C=O) groups is 6. The number of likely N-dealkylation sites (tertiary alicyclic amines) is 1. The number of hydrogen-bond donors (Lipinski definition) is 5. The van der Waals surface area contributed by atoms with E-state index in [0.717, 1.165) is 37.7 Å². The lowest BCUT2D eigenvalue weighted by molar-refractivity contribution is -0.142. The number of nitrogens with two attached hydrogens (primary N) is 1. The monoisotopic (exact) mass is 862 g/mol. The van der Waals surface area contributed by atoms with Crippen LogP contribution in [0, 0.1) is 5.92 Å². The molecule has 0 bridgehead atoms. The van der Waals surface area contributed by atoms with E-state index < -0.39 is 65.3 Å². The van der Waals surface area contributed by atoms with E-state index in [1.165, 1.54) is 34.0 Å². The van der Waals surface area contributed by atoms with Gasteiger partial charge in [0.05, 0.1) is 35.0 Å². The van der Waals surface area contributed by atoms with E-state index in [1.54, 1.807) is 24.4 Å². The van der Waals surface area contributed by atoms with Crippen molar-refractivity contribution in [2.45, 2.75) is 101 Å². The normalized spacial score (nSPS) is 17.6. The number of nitrogens with one attached hydrogen (secondary N) is 3. The second kappa shape index (κ2) is 21.3. The second-order valence-corrected chi connectivity index (χ2v) is 16.0. The van der Waals surface area contributed by atoms with Crippen molar-refractivity contribution in [2.75, 3.05) is 13.1 Å². The predicted octanol–water partition coefficient (Wildman–Crippen LogP) is 3.33. The van der Waals surface area contributed by atoms with E-state index in [4.69, 9.17) is 10.5 Å². The molecule has 0 spiro atoms. The quantitative estimate of drug-likeness (QED) is 0.0488. The van der Waals surface area contributed by atoms with Gasteiger partial charge in [-0.1, -0.05) is 93.0 Å². The van der Waals surface area contributed by atoms with Crippen LogP contribution in [0.4, 0.5) is 4.79 Å². The van der Waals surface area contributed by atoms with Crippen LogP contribution in [0.15, 0.2) is 92.3 Å². The highest BCUT2D eigenvalue weighted by molar-refractivity contribution is 6.37. The molecule has 6 N–H and O–H groups in total. The van der Waals surface area contributed by atoms with Crippen molar-refractivity contribution in [3.05, 3.63) is 109 Å². The third-order valence-electron chi connectivity index (χ3n) is 11.7. The Hall–Kier alpha value is -6.82. The van der Waals surface area contributed by atoms with Crippen LogP contribution in [-0.2, 0) is 36.1 Å². The van der Waals surface area contributed by atoms with Crippen LogP contribution in [0.2, 0.25) is 0 Å². The van der Waals surface area contributed by atoms with E-state index >= 15 is 0 Å². The van der Waals surface area contributed by atoms with Gasteiger partial charge in [0, 0.05) is 25.7 Å².